The number of aromatic nitrogens is 5. The van der Waals surface area contributed by atoms with Crippen molar-refractivity contribution in [3.8, 4) is 0 Å². The maximum absolute atomic E-state index is 4.40. The lowest BCUT2D eigenvalue weighted by atomic mass is 10.3. The van der Waals surface area contributed by atoms with E-state index in [2.05, 4.69) is 25.6 Å². The molecule has 0 unspecified atom stereocenters. The molecule has 0 bridgehead atoms. The minimum atomic E-state index is 0.778. The van der Waals surface area contributed by atoms with Gasteiger partial charge in [-0.2, -0.15) is 10.2 Å². The molecule has 0 saturated heterocycles. The summed E-state index contributed by atoms with van der Waals surface area (Å²) in [5.74, 6) is 0. The van der Waals surface area contributed by atoms with Gasteiger partial charge in [-0.15, -0.1) is 0 Å². The quantitative estimate of drug-likeness (QED) is 0.821. The van der Waals surface area contributed by atoms with Crippen LogP contribution in [0, 0.1) is 6.92 Å². The molecular formula is C9H14N6S. The average Bonchev–Trinajstić information content (AvgIpc) is 2.82. The molecule has 0 aliphatic heterocycles. The molecule has 0 aliphatic rings. The Kier molecular flexibility index (Phi) is 3.25. The summed E-state index contributed by atoms with van der Waals surface area (Å²) < 4.78 is 1.87. The fourth-order valence-corrected chi connectivity index (χ4v) is 2.42. The van der Waals surface area contributed by atoms with E-state index in [9.17, 15) is 0 Å². The highest BCUT2D eigenvalue weighted by Gasteiger charge is 2.14. The SMILES string of the molecule is CNCc1c(C)nn(C)c1Sc1ncn[nH]1. The zero-order chi connectivity index (χ0) is 11.5. The Labute approximate surface area is 97.8 Å². The third-order valence-electron chi connectivity index (χ3n) is 2.23. The molecule has 7 heteroatoms. The van der Waals surface area contributed by atoms with Crippen LogP contribution in [0.2, 0.25) is 0 Å². The predicted octanol–water partition coefficient (Wildman–Crippen LogP) is 0.717. The summed E-state index contributed by atoms with van der Waals surface area (Å²) in [4.78, 5) is 4.10. The fraction of sp³-hybridized carbons (Fsp3) is 0.444. The van der Waals surface area contributed by atoms with Crippen LogP contribution < -0.4 is 5.32 Å². The second-order valence-electron chi connectivity index (χ2n) is 3.42. The van der Waals surface area contributed by atoms with Crippen LogP contribution in [0.3, 0.4) is 0 Å². The Balaban J connectivity index is 2.31. The lowest BCUT2D eigenvalue weighted by molar-refractivity contribution is 0.682. The van der Waals surface area contributed by atoms with Gasteiger partial charge in [0.25, 0.3) is 0 Å². The molecule has 0 aromatic carbocycles. The summed E-state index contributed by atoms with van der Waals surface area (Å²) in [6.45, 7) is 2.81. The van der Waals surface area contributed by atoms with E-state index in [0.717, 1.165) is 22.4 Å². The number of nitrogens with zero attached hydrogens (tertiary/aromatic N) is 4. The second kappa shape index (κ2) is 4.67. The Bertz CT molecular complexity index is 461. The van der Waals surface area contributed by atoms with Crippen LogP contribution in [0.1, 0.15) is 11.3 Å². The summed E-state index contributed by atoms with van der Waals surface area (Å²) in [7, 11) is 3.86. The van der Waals surface area contributed by atoms with Crippen molar-refractivity contribution in [2.75, 3.05) is 7.05 Å². The van der Waals surface area contributed by atoms with Crippen molar-refractivity contribution in [1.82, 2.24) is 30.3 Å². The molecule has 2 aromatic rings. The molecule has 0 spiro atoms. The van der Waals surface area contributed by atoms with Gasteiger partial charge in [0.15, 0.2) is 5.16 Å². The summed E-state index contributed by atoms with van der Waals surface area (Å²) >= 11 is 1.54. The van der Waals surface area contributed by atoms with Gasteiger partial charge in [-0.25, -0.2) is 4.98 Å². The zero-order valence-corrected chi connectivity index (χ0v) is 10.3. The van der Waals surface area contributed by atoms with Crippen molar-refractivity contribution >= 4 is 11.8 Å². The fourth-order valence-electron chi connectivity index (χ4n) is 1.52. The van der Waals surface area contributed by atoms with Crippen LogP contribution >= 0.6 is 11.8 Å². The first-order valence-electron chi connectivity index (χ1n) is 4.92. The highest BCUT2D eigenvalue weighted by molar-refractivity contribution is 7.99. The molecule has 0 radical (unpaired) electrons. The van der Waals surface area contributed by atoms with E-state index >= 15 is 0 Å². The maximum Gasteiger partial charge on any atom is 0.189 e. The molecule has 0 atom stereocenters. The van der Waals surface area contributed by atoms with Gasteiger partial charge >= 0.3 is 0 Å². The van der Waals surface area contributed by atoms with Crippen LogP contribution in [0.5, 0.6) is 0 Å². The van der Waals surface area contributed by atoms with E-state index in [1.165, 1.54) is 23.7 Å². The van der Waals surface area contributed by atoms with Gasteiger partial charge in [0.2, 0.25) is 0 Å². The van der Waals surface area contributed by atoms with Crippen LogP contribution in [-0.4, -0.2) is 32.0 Å². The Morgan fingerprint density at radius 3 is 3.00 bits per heavy atom. The first-order chi connectivity index (χ1) is 7.72. The minimum Gasteiger partial charge on any atom is -0.316 e. The van der Waals surface area contributed by atoms with Crippen molar-refractivity contribution in [3.63, 3.8) is 0 Å². The van der Waals surface area contributed by atoms with Crippen molar-refractivity contribution in [2.24, 2.45) is 7.05 Å². The monoisotopic (exact) mass is 238 g/mol. The molecule has 0 saturated carbocycles. The van der Waals surface area contributed by atoms with Crippen molar-refractivity contribution in [2.45, 2.75) is 23.7 Å². The standard InChI is InChI=1S/C9H14N6S/c1-6-7(4-10-2)8(15(3)14-6)16-9-11-5-12-13-9/h5,10H,4H2,1-3H3,(H,11,12,13). The Morgan fingerprint density at radius 2 is 2.38 bits per heavy atom. The Hall–Kier alpha value is -1.34. The normalized spacial score (nSPS) is 10.9. The van der Waals surface area contributed by atoms with E-state index in [1.54, 1.807) is 0 Å². The molecule has 16 heavy (non-hydrogen) atoms. The smallest absolute Gasteiger partial charge is 0.189 e. The second-order valence-corrected chi connectivity index (χ2v) is 4.39. The zero-order valence-electron chi connectivity index (χ0n) is 9.48. The first kappa shape index (κ1) is 11.2. The molecular weight excluding hydrogens is 224 g/mol. The number of nitrogens with one attached hydrogen (secondary N) is 2. The van der Waals surface area contributed by atoms with Gasteiger partial charge in [-0.05, 0) is 25.7 Å². The molecule has 2 heterocycles. The van der Waals surface area contributed by atoms with E-state index < -0.39 is 0 Å². The molecule has 0 fully saturated rings. The third kappa shape index (κ3) is 2.10. The van der Waals surface area contributed by atoms with Crippen molar-refractivity contribution in [1.29, 1.82) is 0 Å². The number of hydrogen-bond donors (Lipinski definition) is 2. The van der Waals surface area contributed by atoms with Gasteiger partial charge in [-0.1, -0.05) is 0 Å². The van der Waals surface area contributed by atoms with E-state index in [1.807, 2.05) is 25.7 Å². The van der Waals surface area contributed by atoms with Gasteiger partial charge < -0.3 is 5.32 Å². The third-order valence-corrected chi connectivity index (χ3v) is 3.32. The lowest BCUT2D eigenvalue weighted by Crippen LogP contribution is -2.06. The number of aryl methyl sites for hydroxylation is 2. The number of rotatable bonds is 4. The molecule has 6 nitrogen and oxygen atoms in total. The summed E-state index contributed by atoms with van der Waals surface area (Å²) in [6, 6.07) is 0. The van der Waals surface area contributed by atoms with Gasteiger partial charge in [-0.3, -0.25) is 9.78 Å². The highest BCUT2D eigenvalue weighted by Crippen LogP contribution is 2.28. The molecule has 2 N–H and O–H groups in total. The van der Waals surface area contributed by atoms with E-state index in [4.69, 9.17) is 0 Å². The topological polar surface area (TPSA) is 71.4 Å². The van der Waals surface area contributed by atoms with Crippen LogP contribution in [-0.2, 0) is 13.6 Å². The largest absolute Gasteiger partial charge is 0.316 e. The van der Waals surface area contributed by atoms with Gasteiger partial charge in [0.05, 0.1) is 5.69 Å². The molecule has 2 aromatic heterocycles. The van der Waals surface area contributed by atoms with Crippen LogP contribution in [0.25, 0.3) is 0 Å². The van der Waals surface area contributed by atoms with Gasteiger partial charge in [0, 0.05) is 19.2 Å². The number of hydrogen-bond acceptors (Lipinski definition) is 5. The average molecular weight is 238 g/mol. The molecule has 2 rings (SSSR count). The highest BCUT2D eigenvalue weighted by atomic mass is 32.2. The number of H-pyrrole nitrogens is 1. The lowest BCUT2D eigenvalue weighted by Gasteiger charge is -2.03. The summed E-state index contributed by atoms with van der Waals surface area (Å²) in [5.41, 5.74) is 2.24. The predicted molar refractivity (Wildman–Crippen MR) is 61.2 cm³/mol. The number of aromatic amines is 1. The molecule has 86 valence electrons. The van der Waals surface area contributed by atoms with E-state index in [0.29, 0.717) is 0 Å². The first-order valence-corrected chi connectivity index (χ1v) is 5.74. The summed E-state index contributed by atoms with van der Waals surface area (Å²) in [5, 5.41) is 16.1. The van der Waals surface area contributed by atoms with Crippen LogP contribution in [0.4, 0.5) is 0 Å². The molecule has 0 amide bonds. The molecule has 0 aliphatic carbocycles. The summed E-state index contributed by atoms with van der Waals surface area (Å²) in [6.07, 6.45) is 1.50. The maximum atomic E-state index is 4.40. The van der Waals surface area contributed by atoms with Crippen molar-refractivity contribution in [3.05, 3.63) is 17.6 Å². The van der Waals surface area contributed by atoms with Crippen LogP contribution in [0.15, 0.2) is 16.5 Å². The van der Waals surface area contributed by atoms with E-state index in [-0.39, 0.29) is 0 Å². The Morgan fingerprint density at radius 1 is 1.56 bits per heavy atom. The van der Waals surface area contributed by atoms with Crippen molar-refractivity contribution < 1.29 is 0 Å². The van der Waals surface area contributed by atoms with Gasteiger partial charge in [0.1, 0.15) is 11.4 Å². The minimum absolute atomic E-state index is 0.778.